The van der Waals surface area contributed by atoms with Crippen LogP contribution < -0.4 is 5.19 Å². The largest absolute Gasteiger partial charge is 0.0914 e. The molecular weight excluding hydrogens is 761 g/mol. The second-order valence-corrected chi connectivity index (χ2v) is 20.9. The van der Waals surface area contributed by atoms with E-state index in [1.165, 1.54) is 99.8 Å². The van der Waals surface area contributed by atoms with E-state index >= 15 is 0 Å². The van der Waals surface area contributed by atoms with Gasteiger partial charge in [-0.15, -0.1) is 0 Å². The van der Waals surface area contributed by atoms with E-state index in [1.807, 2.05) is 0 Å². The fourth-order valence-corrected chi connectivity index (χ4v) is 12.9. The maximum absolute atomic E-state index is 4.20. The predicted molar refractivity (Wildman–Crippen MR) is 265 cm³/mol. The first kappa shape index (κ1) is 40.7. The van der Waals surface area contributed by atoms with Crippen molar-refractivity contribution in [2.75, 3.05) is 0 Å². The summed E-state index contributed by atoms with van der Waals surface area (Å²) in [5, 5.41) is 1.41. The number of hydrogen-bond acceptors (Lipinski definition) is 0. The SMILES string of the molecule is CCC(C)(C#Cc1c2c(c(C#Cc3cc(C)c(C(C)(CC)CC)cc3[SiH3])c3c1C(C)c1ccccc1C1c4ccccc4C31)C1c3ccccc3C1c1ccccc1C2C)CC. The summed E-state index contributed by atoms with van der Waals surface area (Å²) >= 11 is 0. The van der Waals surface area contributed by atoms with Gasteiger partial charge in [-0.25, -0.2) is 0 Å². The van der Waals surface area contributed by atoms with Crippen LogP contribution in [0, 0.1) is 36.0 Å². The van der Waals surface area contributed by atoms with Crippen molar-refractivity contribution < 1.29 is 0 Å². The fraction of sp³-hybridized carbons (Fsp3) is 0.344. The van der Waals surface area contributed by atoms with Crippen LogP contribution in [0.25, 0.3) is 0 Å². The van der Waals surface area contributed by atoms with E-state index in [4.69, 9.17) is 0 Å². The number of fused-ring (bicyclic) bond motifs is 16. The highest BCUT2D eigenvalue weighted by Gasteiger charge is 2.51. The van der Waals surface area contributed by atoms with Gasteiger partial charge in [-0.2, -0.15) is 0 Å². The summed E-state index contributed by atoms with van der Waals surface area (Å²) in [5.74, 6) is 17.5. The van der Waals surface area contributed by atoms with Crippen LogP contribution in [0.4, 0.5) is 0 Å². The Balaban J connectivity index is 1.38. The zero-order valence-corrected chi connectivity index (χ0v) is 40.7. The van der Waals surface area contributed by atoms with Gasteiger partial charge in [-0.05, 0) is 129 Å². The summed E-state index contributed by atoms with van der Waals surface area (Å²) in [4.78, 5) is 0. The first-order chi connectivity index (χ1) is 30.0. The van der Waals surface area contributed by atoms with E-state index in [-0.39, 0.29) is 46.3 Å². The number of hydrogen-bond donors (Lipinski definition) is 0. The van der Waals surface area contributed by atoms with Crippen molar-refractivity contribution in [2.45, 2.75) is 129 Å². The molecule has 62 heavy (non-hydrogen) atoms. The molecule has 0 N–H and O–H groups in total. The van der Waals surface area contributed by atoms with Gasteiger partial charge in [0.2, 0.25) is 0 Å². The summed E-state index contributed by atoms with van der Waals surface area (Å²) in [6.07, 6.45) is 4.31. The van der Waals surface area contributed by atoms with Gasteiger partial charge in [0.05, 0.1) is 0 Å². The topological polar surface area (TPSA) is 0 Å². The lowest BCUT2D eigenvalue weighted by Gasteiger charge is -2.44. The van der Waals surface area contributed by atoms with Gasteiger partial charge >= 0.3 is 0 Å². The average molecular weight is 823 g/mol. The molecule has 6 unspecified atom stereocenters. The Morgan fingerprint density at radius 3 is 1.29 bits per heavy atom. The molecule has 6 aromatic carbocycles. The molecular formula is C61H62Si. The molecule has 0 bridgehead atoms. The minimum Gasteiger partial charge on any atom is -0.0914 e. The Morgan fingerprint density at radius 2 is 0.871 bits per heavy atom. The van der Waals surface area contributed by atoms with Crippen LogP contribution in [0.15, 0.2) is 109 Å². The summed E-state index contributed by atoms with van der Waals surface area (Å²) in [6.45, 7) is 21.4. The lowest BCUT2D eigenvalue weighted by Crippen LogP contribution is -2.30. The van der Waals surface area contributed by atoms with E-state index in [2.05, 4.69) is 195 Å². The summed E-state index contributed by atoms with van der Waals surface area (Å²) < 4.78 is 0. The highest BCUT2D eigenvalue weighted by Crippen LogP contribution is 2.65. The highest BCUT2D eigenvalue weighted by molar-refractivity contribution is 6.34. The van der Waals surface area contributed by atoms with Crippen LogP contribution in [0.2, 0.25) is 0 Å². The van der Waals surface area contributed by atoms with E-state index in [1.54, 1.807) is 0 Å². The molecule has 310 valence electrons. The minimum absolute atomic E-state index is 0.0791. The van der Waals surface area contributed by atoms with Gasteiger partial charge in [0, 0.05) is 67.9 Å². The minimum atomic E-state index is -0.0791. The van der Waals surface area contributed by atoms with Crippen LogP contribution in [-0.4, -0.2) is 10.2 Å². The molecule has 6 aromatic rings. The Labute approximate surface area is 375 Å². The standard InChI is InChI=1S/C61H62Si/c1-10-60(8,11-2)33-32-49-52-37(6)40-22-14-16-24-42(40)54-44-26-18-20-28-46(44)56(54)58(52)48(31-30-39-34-36(5)50(35-51(39)62)61(9,12-3)13-4)59-53(49)38(7)41-23-15-17-25-43(41)55-45-27-19-21-29-47(45)57(55)59/h14-29,34-35,37-38,54-57H,10-13H2,1-9,62H3. The normalized spacial score (nSPS) is 21.1. The molecule has 6 atom stereocenters. The van der Waals surface area contributed by atoms with Gasteiger partial charge in [-0.3, -0.25) is 0 Å². The quantitative estimate of drug-likeness (QED) is 0.120. The molecule has 0 radical (unpaired) electrons. The Morgan fingerprint density at radius 1 is 0.484 bits per heavy atom. The summed E-state index contributed by atoms with van der Waals surface area (Å²) in [5.41, 5.74) is 24.1. The smallest absolute Gasteiger partial charge is 0.0401 e. The molecule has 0 spiro atoms. The van der Waals surface area contributed by atoms with Crippen molar-refractivity contribution in [2.24, 2.45) is 5.41 Å². The number of benzene rings is 6. The van der Waals surface area contributed by atoms with Crippen LogP contribution in [0.1, 0.15) is 211 Å². The van der Waals surface area contributed by atoms with Crippen LogP contribution in [0.3, 0.4) is 0 Å². The lowest BCUT2D eigenvalue weighted by molar-refractivity contribution is 0.416. The first-order valence-corrected chi connectivity index (χ1v) is 24.7. The van der Waals surface area contributed by atoms with E-state index in [9.17, 15) is 0 Å². The van der Waals surface area contributed by atoms with Crippen LogP contribution >= 0.6 is 0 Å². The second kappa shape index (κ2) is 15.2. The molecule has 0 saturated carbocycles. The highest BCUT2D eigenvalue weighted by atomic mass is 28.1. The Bertz CT molecular complexity index is 2790. The molecule has 10 rings (SSSR count). The van der Waals surface area contributed by atoms with Gasteiger partial charge in [0.25, 0.3) is 0 Å². The number of aryl methyl sites for hydroxylation is 1. The third-order valence-corrected chi connectivity index (χ3v) is 17.7. The molecule has 0 aliphatic heterocycles. The molecule has 4 aliphatic carbocycles. The third-order valence-electron chi connectivity index (χ3n) is 16.9. The zero-order chi connectivity index (χ0) is 43.2. The molecule has 0 saturated heterocycles. The van der Waals surface area contributed by atoms with Crippen molar-refractivity contribution >= 4 is 15.4 Å². The second-order valence-electron chi connectivity index (χ2n) is 19.8. The van der Waals surface area contributed by atoms with Crippen LogP contribution in [-0.2, 0) is 5.41 Å². The molecule has 0 heterocycles. The van der Waals surface area contributed by atoms with E-state index in [0.29, 0.717) is 0 Å². The van der Waals surface area contributed by atoms with Crippen molar-refractivity contribution in [1.29, 1.82) is 0 Å². The number of rotatable bonds is 5. The van der Waals surface area contributed by atoms with Crippen molar-refractivity contribution in [3.8, 4) is 23.7 Å². The van der Waals surface area contributed by atoms with Gasteiger partial charge in [0.15, 0.2) is 0 Å². The molecule has 4 aliphatic rings. The summed E-state index contributed by atoms with van der Waals surface area (Å²) in [6, 6.07) is 42.3. The van der Waals surface area contributed by atoms with Gasteiger partial charge < -0.3 is 0 Å². The zero-order valence-electron chi connectivity index (χ0n) is 38.7. The van der Waals surface area contributed by atoms with Gasteiger partial charge in [0.1, 0.15) is 0 Å². The Hall–Kier alpha value is -5.34. The third kappa shape index (κ3) is 5.88. The van der Waals surface area contributed by atoms with E-state index in [0.717, 1.165) is 35.9 Å². The van der Waals surface area contributed by atoms with E-state index < -0.39 is 0 Å². The monoisotopic (exact) mass is 822 g/mol. The van der Waals surface area contributed by atoms with Crippen LogP contribution in [0.5, 0.6) is 0 Å². The van der Waals surface area contributed by atoms with Crippen molar-refractivity contribution in [1.82, 2.24) is 0 Å². The maximum Gasteiger partial charge on any atom is 0.0401 e. The fourth-order valence-electron chi connectivity index (χ4n) is 12.4. The lowest BCUT2D eigenvalue weighted by atomic mass is 9.58. The average Bonchev–Trinajstić information content (AvgIpc) is 3.44. The van der Waals surface area contributed by atoms with Crippen molar-refractivity contribution in [3.05, 3.63) is 204 Å². The Kier molecular flexibility index (Phi) is 9.97. The molecule has 0 amide bonds. The molecule has 0 aromatic heterocycles. The van der Waals surface area contributed by atoms with Crippen molar-refractivity contribution in [3.63, 3.8) is 0 Å². The molecule has 1 heteroatoms. The maximum atomic E-state index is 4.20. The van der Waals surface area contributed by atoms with Gasteiger partial charge in [-0.1, -0.05) is 180 Å². The molecule has 0 fully saturated rings. The first-order valence-electron chi connectivity index (χ1n) is 23.7. The summed E-state index contributed by atoms with van der Waals surface area (Å²) in [7, 11) is 0.943. The predicted octanol–water partition coefficient (Wildman–Crippen LogP) is 13.1. The molecule has 0 nitrogen and oxygen atoms in total.